The summed E-state index contributed by atoms with van der Waals surface area (Å²) >= 11 is 0. The normalized spacial score (nSPS) is 38.0. The van der Waals surface area contributed by atoms with Crippen molar-refractivity contribution < 1.29 is 9.59 Å². The standard InChI is InChI=1S/C11H14O2/c1-3-11-5-4-7(2)8(10(11)13)6-9(11)12/h4,8H,3,5-6H2,1-2H3. The predicted octanol–water partition coefficient (Wildman–Crippen LogP) is 1.89. The summed E-state index contributed by atoms with van der Waals surface area (Å²) in [6.45, 7) is 3.90. The molecule has 0 saturated heterocycles. The Morgan fingerprint density at radius 3 is 2.85 bits per heavy atom. The fourth-order valence-corrected chi connectivity index (χ4v) is 2.52. The van der Waals surface area contributed by atoms with Gasteiger partial charge in [0.1, 0.15) is 5.78 Å². The van der Waals surface area contributed by atoms with Gasteiger partial charge in [-0.15, -0.1) is 0 Å². The van der Waals surface area contributed by atoms with Gasteiger partial charge < -0.3 is 0 Å². The summed E-state index contributed by atoms with van der Waals surface area (Å²) in [5, 5.41) is 0. The molecule has 0 aliphatic heterocycles. The third kappa shape index (κ3) is 0.888. The lowest BCUT2D eigenvalue weighted by Gasteiger charge is -2.27. The van der Waals surface area contributed by atoms with Crippen LogP contribution in [0.5, 0.6) is 0 Å². The number of hydrogen-bond acceptors (Lipinski definition) is 2. The minimum absolute atomic E-state index is 0.0822. The van der Waals surface area contributed by atoms with Gasteiger partial charge in [-0.2, -0.15) is 0 Å². The van der Waals surface area contributed by atoms with E-state index in [2.05, 4.69) is 6.08 Å². The molecule has 2 rings (SSSR count). The van der Waals surface area contributed by atoms with E-state index in [-0.39, 0.29) is 17.5 Å². The summed E-state index contributed by atoms with van der Waals surface area (Å²) in [5.74, 6) is 0.263. The van der Waals surface area contributed by atoms with Crippen molar-refractivity contribution in [1.82, 2.24) is 0 Å². The van der Waals surface area contributed by atoms with Crippen LogP contribution in [-0.4, -0.2) is 11.6 Å². The van der Waals surface area contributed by atoms with Gasteiger partial charge in [0, 0.05) is 12.3 Å². The highest BCUT2D eigenvalue weighted by Gasteiger charge is 2.54. The van der Waals surface area contributed by atoms with E-state index in [0.29, 0.717) is 19.3 Å². The summed E-state index contributed by atoms with van der Waals surface area (Å²) in [7, 11) is 0. The molecule has 0 amide bonds. The molecule has 0 spiro atoms. The zero-order chi connectivity index (χ0) is 9.64. The number of rotatable bonds is 1. The molecule has 0 aromatic rings. The molecule has 2 bridgehead atoms. The zero-order valence-corrected chi connectivity index (χ0v) is 8.09. The number of fused-ring (bicyclic) bond motifs is 2. The molecular formula is C11H14O2. The van der Waals surface area contributed by atoms with Crippen molar-refractivity contribution in [3.05, 3.63) is 11.6 Å². The van der Waals surface area contributed by atoms with Gasteiger partial charge in [-0.1, -0.05) is 18.6 Å². The zero-order valence-electron chi connectivity index (χ0n) is 8.09. The monoisotopic (exact) mass is 178 g/mol. The van der Waals surface area contributed by atoms with Gasteiger partial charge in [0.25, 0.3) is 0 Å². The molecule has 0 heterocycles. The molecule has 2 aliphatic carbocycles. The van der Waals surface area contributed by atoms with Gasteiger partial charge >= 0.3 is 0 Å². The molecular weight excluding hydrogens is 164 g/mol. The molecule has 2 atom stereocenters. The smallest absolute Gasteiger partial charge is 0.154 e. The van der Waals surface area contributed by atoms with Gasteiger partial charge in [0.05, 0.1) is 5.41 Å². The van der Waals surface area contributed by atoms with Crippen LogP contribution < -0.4 is 0 Å². The van der Waals surface area contributed by atoms with Crippen LogP contribution in [0, 0.1) is 11.3 Å². The van der Waals surface area contributed by atoms with Crippen LogP contribution in [0.4, 0.5) is 0 Å². The minimum Gasteiger partial charge on any atom is -0.299 e. The van der Waals surface area contributed by atoms with E-state index in [4.69, 9.17) is 0 Å². The molecule has 2 aliphatic rings. The highest BCUT2D eigenvalue weighted by Crippen LogP contribution is 2.47. The Hall–Kier alpha value is -0.920. The highest BCUT2D eigenvalue weighted by atomic mass is 16.2. The molecule has 0 N–H and O–H groups in total. The van der Waals surface area contributed by atoms with Crippen molar-refractivity contribution >= 4 is 11.6 Å². The molecule has 2 nitrogen and oxygen atoms in total. The van der Waals surface area contributed by atoms with Crippen LogP contribution in [-0.2, 0) is 9.59 Å². The van der Waals surface area contributed by atoms with Crippen LogP contribution in [0.2, 0.25) is 0 Å². The summed E-state index contributed by atoms with van der Waals surface area (Å²) in [4.78, 5) is 23.6. The quantitative estimate of drug-likeness (QED) is 0.454. The Morgan fingerprint density at radius 1 is 1.54 bits per heavy atom. The second kappa shape index (κ2) is 2.53. The molecule has 0 aromatic heterocycles. The number of Topliss-reactive ketones (excluding diaryl/α,β-unsaturated/α-hetero) is 2. The van der Waals surface area contributed by atoms with Gasteiger partial charge in [-0.25, -0.2) is 0 Å². The van der Waals surface area contributed by atoms with E-state index in [1.807, 2.05) is 13.8 Å². The average Bonchev–Trinajstić information content (AvgIpc) is 2.27. The van der Waals surface area contributed by atoms with Crippen LogP contribution in [0.15, 0.2) is 11.6 Å². The SMILES string of the molecule is CCC12CC=C(C)C(CC1=O)C2=O. The number of ketones is 2. The molecule has 0 radical (unpaired) electrons. The first-order valence-corrected chi connectivity index (χ1v) is 4.86. The van der Waals surface area contributed by atoms with Crippen molar-refractivity contribution in [1.29, 1.82) is 0 Å². The molecule has 70 valence electrons. The number of carbonyl (C=O) groups is 2. The Labute approximate surface area is 78.0 Å². The van der Waals surface area contributed by atoms with Crippen LogP contribution in [0.25, 0.3) is 0 Å². The van der Waals surface area contributed by atoms with Crippen molar-refractivity contribution in [3.63, 3.8) is 0 Å². The van der Waals surface area contributed by atoms with Crippen molar-refractivity contribution in [2.45, 2.75) is 33.1 Å². The van der Waals surface area contributed by atoms with Crippen molar-refractivity contribution in [2.75, 3.05) is 0 Å². The fourth-order valence-electron chi connectivity index (χ4n) is 2.52. The fraction of sp³-hybridized carbons (Fsp3) is 0.636. The molecule has 1 saturated carbocycles. The molecule has 13 heavy (non-hydrogen) atoms. The van der Waals surface area contributed by atoms with Crippen LogP contribution in [0.1, 0.15) is 33.1 Å². The molecule has 0 aromatic carbocycles. The lowest BCUT2D eigenvalue weighted by atomic mass is 9.73. The van der Waals surface area contributed by atoms with E-state index >= 15 is 0 Å². The minimum atomic E-state index is -0.621. The van der Waals surface area contributed by atoms with E-state index in [1.54, 1.807) is 0 Å². The maximum absolute atomic E-state index is 11.9. The van der Waals surface area contributed by atoms with E-state index in [0.717, 1.165) is 5.57 Å². The molecule has 1 fully saturated rings. The van der Waals surface area contributed by atoms with Crippen molar-refractivity contribution in [3.8, 4) is 0 Å². The van der Waals surface area contributed by atoms with E-state index in [9.17, 15) is 9.59 Å². The Kier molecular flexibility index (Phi) is 1.69. The van der Waals surface area contributed by atoms with Crippen molar-refractivity contribution in [2.24, 2.45) is 11.3 Å². The first-order valence-electron chi connectivity index (χ1n) is 4.86. The largest absolute Gasteiger partial charge is 0.299 e. The van der Waals surface area contributed by atoms with Crippen LogP contribution >= 0.6 is 0 Å². The van der Waals surface area contributed by atoms with Gasteiger partial charge in [-0.05, 0) is 19.8 Å². The Balaban J connectivity index is 2.49. The lowest BCUT2D eigenvalue weighted by molar-refractivity contribution is -0.136. The Bertz CT molecular complexity index is 314. The van der Waals surface area contributed by atoms with E-state index in [1.165, 1.54) is 0 Å². The second-order valence-corrected chi connectivity index (χ2v) is 4.13. The maximum Gasteiger partial charge on any atom is 0.154 e. The topological polar surface area (TPSA) is 34.1 Å². The van der Waals surface area contributed by atoms with Gasteiger partial charge in [0.2, 0.25) is 0 Å². The third-order valence-corrected chi connectivity index (χ3v) is 3.64. The molecule has 2 heteroatoms. The number of carbonyl (C=O) groups excluding carboxylic acids is 2. The van der Waals surface area contributed by atoms with Gasteiger partial charge in [0.15, 0.2) is 5.78 Å². The second-order valence-electron chi connectivity index (χ2n) is 4.13. The number of hydrogen-bond donors (Lipinski definition) is 0. The summed E-state index contributed by atoms with van der Waals surface area (Å²) in [6.07, 6.45) is 3.84. The molecule has 2 unspecified atom stereocenters. The third-order valence-electron chi connectivity index (χ3n) is 3.64. The Morgan fingerprint density at radius 2 is 2.23 bits per heavy atom. The lowest BCUT2D eigenvalue weighted by Crippen LogP contribution is -2.35. The predicted molar refractivity (Wildman–Crippen MR) is 49.2 cm³/mol. The average molecular weight is 178 g/mol. The van der Waals surface area contributed by atoms with Gasteiger partial charge in [-0.3, -0.25) is 9.59 Å². The summed E-state index contributed by atoms with van der Waals surface area (Å²) in [6, 6.07) is 0. The highest BCUT2D eigenvalue weighted by molar-refractivity contribution is 6.16. The first kappa shape index (κ1) is 8.67. The maximum atomic E-state index is 11.9. The van der Waals surface area contributed by atoms with E-state index < -0.39 is 5.41 Å². The number of allylic oxidation sites excluding steroid dienone is 2. The first-order chi connectivity index (χ1) is 6.12. The summed E-state index contributed by atoms with van der Waals surface area (Å²) in [5.41, 5.74) is 0.476. The summed E-state index contributed by atoms with van der Waals surface area (Å²) < 4.78 is 0. The van der Waals surface area contributed by atoms with Crippen LogP contribution in [0.3, 0.4) is 0 Å².